The summed E-state index contributed by atoms with van der Waals surface area (Å²) in [6.45, 7) is 17.9. The van der Waals surface area contributed by atoms with Gasteiger partial charge in [-0.25, -0.2) is 0 Å². The molecule has 4 aliphatic heterocycles. The van der Waals surface area contributed by atoms with Crippen molar-refractivity contribution in [3.63, 3.8) is 0 Å². The van der Waals surface area contributed by atoms with Crippen LogP contribution in [0.2, 0.25) is 0 Å². The summed E-state index contributed by atoms with van der Waals surface area (Å²) >= 11 is 0. The Hall–Kier alpha value is -10.8. The quantitative estimate of drug-likeness (QED) is 0.0297. The van der Waals surface area contributed by atoms with Crippen molar-refractivity contribution in [3.05, 3.63) is 303 Å². The topological polar surface area (TPSA) is 278 Å². The number of esters is 4. The molecule has 8 aromatic rings. The summed E-state index contributed by atoms with van der Waals surface area (Å²) in [5.74, 6) is -0.305. The second-order valence-electron chi connectivity index (χ2n) is 27.7. The third-order valence-electron chi connectivity index (χ3n) is 19.5. The second kappa shape index (κ2) is 31.8. The predicted octanol–water partition coefficient (Wildman–Crippen LogP) is 16.9. The first-order chi connectivity index (χ1) is 47.8. The van der Waals surface area contributed by atoms with E-state index in [9.17, 15) is 59.6 Å². The lowest BCUT2D eigenvalue weighted by Gasteiger charge is -2.33. The summed E-state index contributed by atoms with van der Waals surface area (Å²) < 4.78 is 22.0. The number of ether oxygens (including phenoxy) is 4. The average molecular weight is 1360 g/mol. The van der Waals surface area contributed by atoms with E-state index in [1.165, 1.54) is 48.5 Å². The van der Waals surface area contributed by atoms with Gasteiger partial charge in [0.2, 0.25) is 0 Å². The van der Waals surface area contributed by atoms with E-state index in [1.54, 1.807) is 48.5 Å². The zero-order valence-electron chi connectivity index (χ0n) is 57.4. The molecule has 0 aliphatic carbocycles. The van der Waals surface area contributed by atoms with Gasteiger partial charge in [-0.1, -0.05) is 225 Å². The van der Waals surface area contributed by atoms with Crippen molar-refractivity contribution in [2.75, 3.05) is 26.4 Å². The lowest BCUT2D eigenvalue weighted by Crippen LogP contribution is -2.38. The molecular weight excluding hydrogens is 1270 g/mol. The van der Waals surface area contributed by atoms with Crippen LogP contribution in [-0.2, 0) is 59.8 Å². The van der Waals surface area contributed by atoms with Crippen LogP contribution in [0.4, 0.5) is 22.7 Å². The maximum Gasteiger partial charge on any atom is 0.317 e. The second-order valence-corrected chi connectivity index (χ2v) is 27.7. The van der Waals surface area contributed by atoms with Gasteiger partial charge in [-0.3, -0.25) is 59.6 Å². The predicted molar refractivity (Wildman–Crippen MR) is 377 cm³/mol. The number of rotatable bonds is 20. The molecule has 20 nitrogen and oxygen atoms in total. The monoisotopic (exact) mass is 1360 g/mol. The van der Waals surface area contributed by atoms with Crippen LogP contribution in [0.25, 0.3) is 0 Å². The zero-order valence-corrected chi connectivity index (χ0v) is 57.4. The van der Waals surface area contributed by atoms with Gasteiger partial charge in [0.05, 0.1) is 46.1 Å². The van der Waals surface area contributed by atoms with Crippen molar-refractivity contribution in [2.45, 2.75) is 126 Å². The van der Waals surface area contributed by atoms with Crippen molar-refractivity contribution >= 4 is 46.6 Å². The number of hydrogen-bond acceptors (Lipinski definition) is 16. The van der Waals surface area contributed by atoms with Crippen LogP contribution in [0.1, 0.15) is 149 Å². The number of nitrogens with zero attached hydrogens (tertiary/aromatic N) is 4. The molecule has 0 radical (unpaired) electrons. The fraction of sp³-hybridized carbons (Fsp3) is 0.350. The molecule has 0 aromatic heterocycles. The van der Waals surface area contributed by atoms with E-state index in [0.717, 1.165) is 44.5 Å². The van der Waals surface area contributed by atoms with Crippen LogP contribution < -0.4 is 0 Å². The maximum atomic E-state index is 12.9. The summed E-state index contributed by atoms with van der Waals surface area (Å²) in [6.07, 6.45) is 2.66. The van der Waals surface area contributed by atoms with Gasteiger partial charge < -0.3 is 18.9 Å². The Kier molecular flexibility index (Phi) is 23.4. The Balaban J connectivity index is 0.000000156. The van der Waals surface area contributed by atoms with Gasteiger partial charge in [-0.05, 0) is 93.9 Å². The highest BCUT2D eigenvalue weighted by molar-refractivity contribution is 5.89. The molecule has 4 saturated heterocycles. The molecule has 4 heterocycles. The van der Waals surface area contributed by atoms with Gasteiger partial charge in [0.1, 0.15) is 21.7 Å². The third-order valence-corrected chi connectivity index (χ3v) is 19.5. The molecule has 0 spiro atoms. The minimum atomic E-state index is -0.758. The molecule has 0 amide bonds. The van der Waals surface area contributed by atoms with Crippen LogP contribution in [-0.4, -0.2) is 70.0 Å². The largest absolute Gasteiger partial charge is 0.464 e. The Morgan fingerprint density at radius 3 is 0.590 bits per heavy atom. The normalized spacial score (nSPS) is 22.8. The number of carbonyl (C=O) groups is 4. The first-order valence-electron chi connectivity index (χ1n) is 33.7. The Morgan fingerprint density at radius 1 is 0.290 bits per heavy atom. The van der Waals surface area contributed by atoms with E-state index in [0.29, 0.717) is 49.4 Å². The summed E-state index contributed by atoms with van der Waals surface area (Å²) in [5, 5.41) is 43.6. The molecular formula is C80H84N4O16. The van der Waals surface area contributed by atoms with E-state index >= 15 is 0 Å². The van der Waals surface area contributed by atoms with Gasteiger partial charge in [0.25, 0.3) is 22.7 Å². The molecule has 4 aliphatic rings. The number of nitro benzene ring substituents is 4. The molecule has 520 valence electrons. The minimum Gasteiger partial charge on any atom is -0.464 e. The third kappa shape index (κ3) is 15.4. The van der Waals surface area contributed by atoms with E-state index in [4.69, 9.17) is 18.9 Å². The summed E-state index contributed by atoms with van der Waals surface area (Å²) in [5.41, 5.74) is 4.46. The first kappa shape index (κ1) is 73.5. The van der Waals surface area contributed by atoms with E-state index in [2.05, 4.69) is 55.4 Å². The zero-order chi connectivity index (χ0) is 72.1. The molecule has 100 heavy (non-hydrogen) atoms. The molecule has 0 N–H and O–H groups in total. The van der Waals surface area contributed by atoms with Crippen LogP contribution in [0.15, 0.2) is 218 Å². The van der Waals surface area contributed by atoms with Crippen LogP contribution in [0.5, 0.6) is 0 Å². The summed E-state index contributed by atoms with van der Waals surface area (Å²) in [4.78, 5) is 93.4. The van der Waals surface area contributed by atoms with Crippen LogP contribution >= 0.6 is 0 Å². The van der Waals surface area contributed by atoms with Gasteiger partial charge in [-0.15, -0.1) is 0 Å². The first-order valence-corrected chi connectivity index (χ1v) is 33.7. The molecule has 8 aromatic carbocycles. The molecule has 0 saturated carbocycles. The van der Waals surface area contributed by atoms with Gasteiger partial charge >= 0.3 is 23.9 Å². The summed E-state index contributed by atoms with van der Waals surface area (Å²) in [7, 11) is 0. The number of cyclic esters (lactones) is 4. The fourth-order valence-corrected chi connectivity index (χ4v) is 15.3. The van der Waals surface area contributed by atoms with Crippen molar-refractivity contribution in [3.8, 4) is 0 Å². The number of hydrogen-bond donors (Lipinski definition) is 0. The number of non-ortho nitro benzene ring substituents is 4. The van der Waals surface area contributed by atoms with Crippen molar-refractivity contribution in [1.29, 1.82) is 0 Å². The van der Waals surface area contributed by atoms with Gasteiger partial charge in [0.15, 0.2) is 0 Å². The maximum absolute atomic E-state index is 12.9. The smallest absolute Gasteiger partial charge is 0.317 e. The average Bonchev–Trinajstić information content (AvgIpc) is 1.57. The molecule has 20 heteroatoms. The highest BCUT2D eigenvalue weighted by Gasteiger charge is 2.58. The van der Waals surface area contributed by atoms with Crippen LogP contribution in [0.3, 0.4) is 0 Å². The molecule has 0 bridgehead atoms. The van der Waals surface area contributed by atoms with Gasteiger partial charge in [-0.2, -0.15) is 0 Å². The number of carbonyl (C=O) groups excluding carboxylic acids is 4. The highest BCUT2D eigenvalue weighted by atomic mass is 16.6. The SMILES string of the molecule is CC(C)C[C@@]1(c2ccccc2)C(=O)OC[C@H]1c1ccc([N+](=O)[O-])cc1.CC(C)C[C@@]1(c2ccccc2)C(=O)OC[C@H]1c1ccc([N+](=O)[O-])cc1.CC(C)C[C@]1(c2ccccc2)C(=O)OC[C@@H]1c1ccc([N+](=O)[O-])cc1.CC(C)C[C@]1(c2ccccc2)C(=O)OC[C@@H]1c1ccc([N+](=O)[O-])cc1. The van der Waals surface area contributed by atoms with Crippen molar-refractivity contribution < 1.29 is 57.8 Å². The van der Waals surface area contributed by atoms with E-state index in [-0.39, 0.29) is 96.7 Å². The Morgan fingerprint density at radius 2 is 0.450 bits per heavy atom. The van der Waals surface area contributed by atoms with Crippen molar-refractivity contribution in [1.82, 2.24) is 0 Å². The van der Waals surface area contributed by atoms with E-state index < -0.39 is 41.4 Å². The Labute approximate surface area is 581 Å². The standard InChI is InChI=1S/4C20H21NO4/c4*1-14(2)12-20(16-6-4-3-5-7-16)18(13-25-19(20)22)15-8-10-17(11-9-15)21(23)24/h4*3-11,14,18H,12-13H2,1-2H3/t4*18-,20-/m1100/s1. The lowest BCUT2D eigenvalue weighted by molar-refractivity contribution is -0.385. The highest BCUT2D eigenvalue weighted by Crippen LogP contribution is 2.53. The van der Waals surface area contributed by atoms with Gasteiger partial charge in [0, 0.05) is 72.2 Å². The Bertz CT molecular complexity index is 3620. The lowest BCUT2D eigenvalue weighted by atomic mass is 9.65. The molecule has 12 rings (SSSR count). The molecule has 0 unspecified atom stereocenters. The van der Waals surface area contributed by atoms with Crippen molar-refractivity contribution in [2.24, 2.45) is 23.7 Å². The molecule has 4 fully saturated rings. The minimum absolute atomic E-state index is 0.0446. The summed E-state index contributed by atoms with van der Waals surface area (Å²) in [6, 6.07) is 64.7. The fourth-order valence-electron chi connectivity index (χ4n) is 15.3. The number of nitro groups is 4. The van der Waals surface area contributed by atoms with E-state index in [1.807, 2.05) is 121 Å². The van der Waals surface area contributed by atoms with Crippen LogP contribution in [0, 0.1) is 64.1 Å². The number of benzene rings is 8. The molecule has 8 atom stereocenters.